The van der Waals surface area contributed by atoms with Gasteiger partial charge >= 0.3 is 0 Å². The molecule has 0 radical (unpaired) electrons. The molecule has 3 rings (SSSR count). The lowest BCUT2D eigenvalue weighted by molar-refractivity contribution is 0.104. The van der Waals surface area contributed by atoms with E-state index in [2.05, 4.69) is 5.32 Å². The largest absolute Gasteiger partial charge is 0.495 e. The van der Waals surface area contributed by atoms with Gasteiger partial charge in [0.05, 0.1) is 33.5 Å². The molecule has 0 saturated heterocycles. The Morgan fingerprint density at radius 1 is 0.824 bits per heavy atom. The number of carbonyl (C=O) groups excluding carboxylic acids is 1. The molecule has 34 heavy (non-hydrogen) atoms. The van der Waals surface area contributed by atoms with Crippen LogP contribution in [0.4, 0.5) is 5.69 Å². The molecule has 0 amide bonds. The van der Waals surface area contributed by atoms with Crippen LogP contribution in [0, 0.1) is 0 Å². The number of allylic oxidation sites excluding steroid dienone is 1. The Bertz CT molecular complexity index is 1190. The highest BCUT2D eigenvalue weighted by atomic mass is 35.5. The number of carbonyl (C=O) groups is 1. The molecule has 3 aromatic rings. The first-order valence-corrected chi connectivity index (χ1v) is 10.8. The van der Waals surface area contributed by atoms with Crippen molar-refractivity contribution >= 4 is 35.2 Å². The number of anilines is 1. The molecule has 1 N–H and O–H groups in total. The Morgan fingerprint density at radius 2 is 1.50 bits per heavy atom. The highest BCUT2D eigenvalue weighted by molar-refractivity contribution is 6.32. The zero-order valence-corrected chi connectivity index (χ0v) is 20.2. The van der Waals surface area contributed by atoms with Crippen molar-refractivity contribution in [3.05, 3.63) is 88.6 Å². The summed E-state index contributed by atoms with van der Waals surface area (Å²) in [4.78, 5) is 12.5. The smallest absolute Gasteiger partial charge is 0.203 e. The molecular weight excluding hydrogens is 454 g/mol. The van der Waals surface area contributed by atoms with Gasteiger partial charge in [-0.1, -0.05) is 42.0 Å². The van der Waals surface area contributed by atoms with Crippen molar-refractivity contribution < 1.29 is 23.7 Å². The van der Waals surface area contributed by atoms with Crippen molar-refractivity contribution in [2.45, 2.75) is 0 Å². The fraction of sp³-hybridized carbons (Fsp3) is 0.148. The van der Waals surface area contributed by atoms with Gasteiger partial charge in [-0.3, -0.25) is 4.79 Å². The number of halogens is 1. The summed E-state index contributed by atoms with van der Waals surface area (Å²) in [6.45, 7) is 0. The second-order valence-electron chi connectivity index (χ2n) is 7.07. The average Bonchev–Trinajstić information content (AvgIpc) is 2.87. The van der Waals surface area contributed by atoms with Crippen LogP contribution in [0.5, 0.6) is 23.0 Å². The minimum Gasteiger partial charge on any atom is -0.495 e. The molecule has 3 aromatic carbocycles. The molecule has 0 aliphatic rings. The maximum Gasteiger partial charge on any atom is 0.203 e. The molecule has 0 aromatic heterocycles. The summed E-state index contributed by atoms with van der Waals surface area (Å²) in [5.74, 6) is 2.04. The summed E-state index contributed by atoms with van der Waals surface area (Å²) in [5, 5.41) is 3.56. The van der Waals surface area contributed by atoms with Crippen molar-refractivity contribution in [3.63, 3.8) is 0 Å². The van der Waals surface area contributed by atoms with Gasteiger partial charge in [-0.25, -0.2) is 0 Å². The van der Waals surface area contributed by atoms with Gasteiger partial charge < -0.3 is 24.3 Å². The van der Waals surface area contributed by atoms with Gasteiger partial charge in [-0.2, -0.15) is 0 Å². The third-order valence-electron chi connectivity index (χ3n) is 5.01. The third kappa shape index (κ3) is 5.91. The van der Waals surface area contributed by atoms with Crippen LogP contribution in [0.2, 0.25) is 5.02 Å². The van der Waals surface area contributed by atoms with Gasteiger partial charge in [0, 0.05) is 23.5 Å². The van der Waals surface area contributed by atoms with Gasteiger partial charge in [0.1, 0.15) is 5.75 Å². The SMILES string of the molecule is COc1ccc(C(=O)/C=C\Nc2ccccc2/C=C\c2cc(OC)c(OC)c(OC)c2)cc1Cl. The maximum atomic E-state index is 12.5. The molecule has 0 aliphatic carbocycles. The van der Waals surface area contributed by atoms with Crippen LogP contribution in [0.3, 0.4) is 0 Å². The number of ether oxygens (including phenoxy) is 4. The van der Waals surface area contributed by atoms with Crippen LogP contribution in [-0.4, -0.2) is 34.2 Å². The Labute approximate surface area is 204 Å². The fourth-order valence-electron chi connectivity index (χ4n) is 3.28. The Balaban J connectivity index is 1.77. The summed E-state index contributed by atoms with van der Waals surface area (Å²) >= 11 is 6.12. The monoisotopic (exact) mass is 479 g/mol. The molecule has 0 spiro atoms. The van der Waals surface area contributed by atoms with Crippen LogP contribution in [0.1, 0.15) is 21.5 Å². The number of hydrogen-bond acceptors (Lipinski definition) is 6. The van der Waals surface area contributed by atoms with Crippen LogP contribution >= 0.6 is 11.6 Å². The van der Waals surface area contributed by atoms with Crippen LogP contribution in [0.15, 0.2) is 66.9 Å². The topological polar surface area (TPSA) is 66.0 Å². The van der Waals surface area contributed by atoms with E-state index in [0.717, 1.165) is 16.8 Å². The molecule has 0 bridgehead atoms. The Hall–Kier alpha value is -3.90. The molecule has 0 saturated carbocycles. The minimum absolute atomic E-state index is 0.178. The molecule has 0 fully saturated rings. The molecule has 0 atom stereocenters. The van der Waals surface area contributed by atoms with Crippen LogP contribution in [-0.2, 0) is 0 Å². The molecule has 176 valence electrons. The lowest BCUT2D eigenvalue weighted by atomic mass is 10.1. The predicted molar refractivity (Wildman–Crippen MR) is 137 cm³/mol. The van der Waals surface area contributed by atoms with E-state index in [0.29, 0.717) is 33.6 Å². The predicted octanol–water partition coefficient (Wildman–Crippen LogP) is 6.35. The standard InChI is InChI=1S/C27H26ClNO5/c1-31-24-12-11-20(17-21(24)28)23(30)13-14-29-22-8-6-5-7-19(22)10-9-18-15-25(32-2)27(34-4)26(16-18)33-3/h5-17,29H,1-4H3/b10-9-,14-13-. The molecule has 0 aliphatic heterocycles. The number of rotatable bonds is 10. The number of hydrogen-bond donors (Lipinski definition) is 1. The van der Waals surface area contributed by atoms with E-state index >= 15 is 0 Å². The highest BCUT2D eigenvalue weighted by Gasteiger charge is 2.12. The summed E-state index contributed by atoms with van der Waals surface area (Å²) < 4.78 is 21.3. The van der Waals surface area contributed by atoms with E-state index < -0.39 is 0 Å². The zero-order valence-electron chi connectivity index (χ0n) is 19.4. The van der Waals surface area contributed by atoms with E-state index in [-0.39, 0.29) is 5.78 Å². The van der Waals surface area contributed by atoms with Gasteiger partial charge in [-0.05, 0) is 47.5 Å². The summed E-state index contributed by atoms with van der Waals surface area (Å²) in [6.07, 6.45) is 6.96. The first-order valence-electron chi connectivity index (χ1n) is 10.4. The van der Waals surface area contributed by atoms with E-state index in [1.807, 2.05) is 48.6 Å². The summed E-state index contributed by atoms with van der Waals surface area (Å²) in [5.41, 5.74) is 3.12. The lowest BCUT2D eigenvalue weighted by Crippen LogP contribution is -1.98. The van der Waals surface area contributed by atoms with Crippen molar-refractivity contribution in [3.8, 4) is 23.0 Å². The second kappa shape index (κ2) is 11.8. The molecule has 6 nitrogen and oxygen atoms in total. The van der Waals surface area contributed by atoms with Crippen LogP contribution < -0.4 is 24.3 Å². The summed E-state index contributed by atoms with van der Waals surface area (Å²) in [7, 11) is 6.26. The van der Waals surface area contributed by atoms with Crippen LogP contribution in [0.25, 0.3) is 12.2 Å². The second-order valence-corrected chi connectivity index (χ2v) is 7.48. The van der Waals surface area contributed by atoms with E-state index in [1.165, 1.54) is 13.2 Å². The zero-order chi connectivity index (χ0) is 24.5. The Kier molecular flexibility index (Phi) is 8.60. The number of ketones is 1. The van der Waals surface area contributed by atoms with E-state index in [1.54, 1.807) is 45.7 Å². The van der Waals surface area contributed by atoms with Gasteiger partial charge in [0.15, 0.2) is 17.3 Å². The minimum atomic E-state index is -0.178. The van der Waals surface area contributed by atoms with Gasteiger partial charge in [-0.15, -0.1) is 0 Å². The molecule has 7 heteroatoms. The molecular formula is C27H26ClNO5. The highest BCUT2D eigenvalue weighted by Crippen LogP contribution is 2.38. The van der Waals surface area contributed by atoms with Crippen molar-refractivity contribution in [1.29, 1.82) is 0 Å². The lowest BCUT2D eigenvalue weighted by Gasteiger charge is -2.13. The first kappa shape index (κ1) is 24.7. The van der Waals surface area contributed by atoms with E-state index in [4.69, 9.17) is 30.5 Å². The van der Waals surface area contributed by atoms with Crippen molar-refractivity contribution in [2.75, 3.05) is 33.8 Å². The number of para-hydroxylation sites is 1. The third-order valence-corrected chi connectivity index (χ3v) is 5.31. The van der Waals surface area contributed by atoms with Crippen molar-refractivity contribution in [1.82, 2.24) is 0 Å². The maximum absolute atomic E-state index is 12.5. The average molecular weight is 480 g/mol. The normalized spacial score (nSPS) is 11.0. The van der Waals surface area contributed by atoms with Gasteiger partial charge in [0.2, 0.25) is 5.75 Å². The number of nitrogens with one attached hydrogen (secondary N) is 1. The Morgan fingerprint density at radius 3 is 2.12 bits per heavy atom. The van der Waals surface area contributed by atoms with E-state index in [9.17, 15) is 4.79 Å². The fourth-order valence-corrected chi connectivity index (χ4v) is 3.54. The molecule has 0 heterocycles. The number of benzene rings is 3. The number of methoxy groups -OCH3 is 4. The quantitative estimate of drug-likeness (QED) is 0.207. The summed E-state index contributed by atoms with van der Waals surface area (Å²) in [6, 6.07) is 16.4. The first-order chi connectivity index (χ1) is 16.5. The molecule has 0 unspecified atom stereocenters. The van der Waals surface area contributed by atoms with Crippen molar-refractivity contribution in [2.24, 2.45) is 0 Å². The van der Waals surface area contributed by atoms with Gasteiger partial charge in [0.25, 0.3) is 0 Å².